The molecule has 124 valence electrons. The molecule has 1 aromatic carbocycles. The van der Waals surface area contributed by atoms with Gasteiger partial charge in [-0.05, 0) is 31.4 Å². The van der Waals surface area contributed by atoms with Crippen LogP contribution in [0, 0.1) is 0 Å². The SMILES string of the molecule is COC(=O)CCC(=O)Nc1ccccc1C(=O)N1CCCCC1. The summed E-state index contributed by atoms with van der Waals surface area (Å²) < 4.78 is 4.51. The smallest absolute Gasteiger partial charge is 0.306 e. The van der Waals surface area contributed by atoms with E-state index in [1.165, 1.54) is 7.11 Å². The first kappa shape index (κ1) is 17.0. The van der Waals surface area contributed by atoms with Gasteiger partial charge in [0.25, 0.3) is 5.91 Å². The molecular formula is C17H22N2O4. The van der Waals surface area contributed by atoms with Crippen LogP contribution in [0.25, 0.3) is 0 Å². The number of carbonyl (C=O) groups is 3. The zero-order chi connectivity index (χ0) is 16.7. The van der Waals surface area contributed by atoms with Crippen molar-refractivity contribution in [2.24, 2.45) is 0 Å². The van der Waals surface area contributed by atoms with Crippen LogP contribution in [-0.4, -0.2) is 42.9 Å². The number of piperidine rings is 1. The molecule has 0 radical (unpaired) electrons. The van der Waals surface area contributed by atoms with Crippen LogP contribution in [0.15, 0.2) is 24.3 Å². The molecule has 6 heteroatoms. The van der Waals surface area contributed by atoms with E-state index in [2.05, 4.69) is 10.1 Å². The summed E-state index contributed by atoms with van der Waals surface area (Å²) in [6.07, 6.45) is 3.22. The summed E-state index contributed by atoms with van der Waals surface area (Å²) in [4.78, 5) is 37.5. The minimum atomic E-state index is -0.433. The Labute approximate surface area is 135 Å². The number of benzene rings is 1. The molecule has 6 nitrogen and oxygen atoms in total. The van der Waals surface area contributed by atoms with E-state index in [0.29, 0.717) is 11.3 Å². The summed E-state index contributed by atoms with van der Waals surface area (Å²) in [5.41, 5.74) is 0.971. The van der Waals surface area contributed by atoms with Crippen molar-refractivity contribution in [1.82, 2.24) is 4.90 Å². The molecule has 1 aromatic rings. The molecule has 1 N–H and O–H groups in total. The maximum Gasteiger partial charge on any atom is 0.306 e. The lowest BCUT2D eigenvalue weighted by Gasteiger charge is -2.27. The molecule has 2 rings (SSSR count). The number of anilines is 1. The second kappa shape index (κ2) is 8.31. The number of carbonyl (C=O) groups excluding carboxylic acids is 3. The Morgan fingerprint density at radius 3 is 2.48 bits per heavy atom. The van der Waals surface area contributed by atoms with Crippen LogP contribution < -0.4 is 5.32 Å². The van der Waals surface area contributed by atoms with E-state index in [-0.39, 0.29) is 24.7 Å². The van der Waals surface area contributed by atoms with E-state index in [9.17, 15) is 14.4 Å². The average molecular weight is 318 g/mol. The molecular weight excluding hydrogens is 296 g/mol. The fraction of sp³-hybridized carbons (Fsp3) is 0.471. The van der Waals surface area contributed by atoms with Crippen molar-refractivity contribution in [3.63, 3.8) is 0 Å². The van der Waals surface area contributed by atoms with E-state index in [1.807, 2.05) is 4.90 Å². The van der Waals surface area contributed by atoms with E-state index >= 15 is 0 Å². The van der Waals surface area contributed by atoms with Crippen LogP contribution in [0.3, 0.4) is 0 Å². The van der Waals surface area contributed by atoms with E-state index in [0.717, 1.165) is 32.4 Å². The molecule has 0 spiro atoms. The van der Waals surface area contributed by atoms with Gasteiger partial charge in [0.1, 0.15) is 0 Å². The van der Waals surface area contributed by atoms with Crippen molar-refractivity contribution >= 4 is 23.5 Å². The minimum Gasteiger partial charge on any atom is -0.469 e. The van der Waals surface area contributed by atoms with Gasteiger partial charge in [-0.3, -0.25) is 14.4 Å². The van der Waals surface area contributed by atoms with Crippen LogP contribution in [-0.2, 0) is 14.3 Å². The Balaban J connectivity index is 2.03. The monoisotopic (exact) mass is 318 g/mol. The second-order valence-corrected chi connectivity index (χ2v) is 5.52. The predicted molar refractivity (Wildman–Crippen MR) is 86.1 cm³/mol. The van der Waals surface area contributed by atoms with Crippen molar-refractivity contribution < 1.29 is 19.1 Å². The van der Waals surface area contributed by atoms with E-state index in [1.54, 1.807) is 24.3 Å². The number of nitrogens with one attached hydrogen (secondary N) is 1. The van der Waals surface area contributed by atoms with Crippen molar-refractivity contribution in [1.29, 1.82) is 0 Å². The maximum absolute atomic E-state index is 12.6. The lowest BCUT2D eigenvalue weighted by Crippen LogP contribution is -2.36. The van der Waals surface area contributed by atoms with Gasteiger partial charge in [-0.15, -0.1) is 0 Å². The molecule has 2 amide bonds. The van der Waals surface area contributed by atoms with Crippen LogP contribution in [0.4, 0.5) is 5.69 Å². The normalized spacial score (nSPS) is 14.2. The van der Waals surface area contributed by atoms with Crippen LogP contribution >= 0.6 is 0 Å². The molecule has 1 fully saturated rings. The number of methoxy groups -OCH3 is 1. The Morgan fingerprint density at radius 1 is 1.09 bits per heavy atom. The zero-order valence-corrected chi connectivity index (χ0v) is 13.3. The third kappa shape index (κ3) is 4.81. The fourth-order valence-corrected chi connectivity index (χ4v) is 2.58. The summed E-state index contributed by atoms with van der Waals surface area (Å²) in [6, 6.07) is 6.96. The Bertz CT molecular complexity index is 580. The summed E-state index contributed by atoms with van der Waals surface area (Å²) >= 11 is 0. The molecule has 23 heavy (non-hydrogen) atoms. The van der Waals surface area contributed by atoms with Gasteiger partial charge in [-0.1, -0.05) is 12.1 Å². The fourth-order valence-electron chi connectivity index (χ4n) is 2.58. The summed E-state index contributed by atoms with van der Waals surface area (Å²) in [5.74, 6) is -0.805. The van der Waals surface area contributed by atoms with Gasteiger partial charge in [-0.2, -0.15) is 0 Å². The first-order valence-corrected chi connectivity index (χ1v) is 7.87. The molecule has 0 saturated carbocycles. The Hall–Kier alpha value is -2.37. The van der Waals surface area contributed by atoms with Gasteiger partial charge in [0, 0.05) is 19.5 Å². The highest BCUT2D eigenvalue weighted by molar-refractivity contribution is 6.04. The lowest BCUT2D eigenvalue weighted by atomic mass is 10.1. The van der Waals surface area contributed by atoms with E-state index < -0.39 is 5.97 Å². The standard InChI is InChI=1S/C17H22N2O4/c1-23-16(21)10-9-15(20)18-14-8-4-3-7-13(14)17(22)19-11-5-2-6-12-19/h3-4,7-8H,2,5-6,9-12H2,1H3,(H,18,20). The van der Waals surface area contributed by atoms with Gasteiger partial charge in [-0.25, -0.2) is 0 Å². The molecule has 0 atom stereocenters. The van der Waals surface area contributed by atoms with Gasteiger partial charge >= 0.3 is 5.97 Å². The van der Waals surface area contributed by atoms with Crippen molar-refractivity contribution in [3.8, 4) is 0 Å². The summed E-state index contributed by atoms with van der Waals surface area (Å²) in [5, 5.41) is 2.72. The summed E-state index contributed by atoms with van der Waals surface area (Å²) in [6.45, 7) is 1.51. The predicted octanol–water partition coefficient (Wildman–Crippen LogP) is 2.20. The molecule has 1 saturated heterocycles. The molecule has 0 unspecified atom stereocenters. The number of para-hydroxylation sites is 1. The van der Waals surface area contributed by atoms with Crippen molar-refractivity contribution in [2.75, 3.05) is 25.5 Å². The van der Waals surface area contributed by atoms with E-state index in [4.69, 9.17) is 0 Å². The molecule has 1 aliphatic heterocycles. The largest absolute Gasteiger partial charge is 0.469 e. The first-order valence-electron chi connectivity index (χ1n) is 7.87. The molecule has 1 aliphatic rings. The second-order valence-electron chi connectivity index (χ2n) is 5.52. The number of hydrogen-bond donors (Lipinski definition) is 1. The van der Waals surface area contributed by atoms with Crippen LogP contribution in [0.2, 0.25) is 0 Å². The molecule has 0 aromatic heterocycles. The van der Waals surface area contributed by atoms with Gasteiger partial charge in [0.05, 0.1) is 24.8 Å². The number of likely N-dealkylation sites (tertiary alicyclic amines) is 1. The van der Waals surface area contributed by atoms with Crippen LogP contribution in [0.1, 0.15) is 42.5 Å². The topological polar surface area (TPSA) is 75.7 Å². The number of esters is 1. The Morgan fingerprint density at radius 2 is 1.78 bits per heavy atom. The maximum atomic E-state index is 12.6. The molecule has 1 heterocycles. The average Bonchev–Trinajstić information content (AvgIpc) is 2.60. The van der Waals surface area contributed by atoms with Gasteiger partial charge in [0.15, 0.2) is 0 Å². The number of ether oxygens (including phenoxy) is 1. The number of amides is 2. The molecule has 0 aliphatic carbocycles. The Kier molecular flexibility index (Phi) is 6.14. The van der Waals surface area contributed by atoms with Crippen molar-refractivity contribution in [2.45, 2.75) is 32.1 Å². The highest BCUT2D eigenvalue weighted by atomic mass is 16.5. The zero-order valence-electron chi connectivity index (χ0n) is 13.3. The number of rotatable bonds is 5. The van der Waals surface area contributed by atoms with Gasteiger partial charge in [0.2, 0.25) is 5.91 Å². The van der Waals surface area contributed by atoms with Crippen LogP contribution in [0.5, 0.6) is 0 Å². The number of hydrogen-bond acceptors (Lipinski definition) is 4. The highest BCUT2D eigenvalue weighted by Gasteiger charge is 2.21. The number of nitrogens with zero attached hydrogens (tertiary/aromatic N) is 1. The molecule has 0 bridgehead atoms. The lowest BCUT2D eigenvalue weighted by molar-refractivity contribution is -0.141. The first-order chi connectivity index (χ1) is 11.1. The minimum absolute atomic E-state index is 0.0184. The highest BCUT2D eigenvalue weighted by Crippen LogP contribution is 2.20. The quantitative estimate of drug-likeness (QED) is 0.845. The van der Waals surface area contributed by atoms with Gasteiger partial charge < -0.3 is 15.0 Å². The third-order valence-electron chi connectivity index (χ3n) is 3.86. The van der Waals surface area contributed by atoms with Crippen molar-refractivity contribution in [3.05, 3.63) is 29.8 Å². The third-order valence-corrected chi connectivity index (χ3v) is 3.86. The summed E-state index contributed by atoms with van der Waals surface area (Å²) in [7, 11) is 1.28.